The van der Waals surface area contributed by atoms with Crippen LogP contribution < -0.4 is 5.01 Å². The van der Waals surface area contributed by atoms with E-state index in [1.807, 2.05) is 40.3 Å². The van der Waals surface area contributed by atoms with Crippen molar-refractivity contribution in [3.8, 4) is 0 Å². The maximum atomic E-state index is 9.09. The fourth-order valence-electron chi connectivity index (χ4n) is 1.71. The molecule has 17 heavy (non-hydrogen) atoms. The van der Waals surface area contributed by atoms with Crippen molar-refractivity contribution in [3.05, 3.63) is 30.3 Å². The first-order valence-corrected chi connectivity index (χ1v) is 5.73. The third-order valence-electron chi connectivity index (χ3n) is 2.42. The summed E-state index contributed by atoms with van der Waals surface area (Å²) in [6, 6.07) is 9.60. The molecule has 0 spiro atoms. The molecule has 0 heterocycles. The number of rotatable bonds is 8. The number of benzene rings is 1. The second-order valence-corrected chi connectivity index (χ2v) is 3.58. The van der Waals surface area contributed by atoms with Gasteiger partial charge < -0.3 is 20.3 Å². The first-order valence-electron chi connectivity index (χ1n) is 5.73. The second kappa shape index (κ2) is 8.03. The van der Waals surface area contributed by atoms with E-state index in [1.165, 1.54) is 0 Å². The van der Waals surface area contributed by atoms with Gasteiger partial charge in [-0.2, -0.15) is 0 Å². The second-order valence-electron chi connectivity index (χ2n) is 3.58. The summed E-state index contributed by atoms with van der Waals surface area (Å²) in [5.41, 5.74) is 0.934. The number of anilines is 1. The highest BCUT2D eigenvalue weighted by Crippen LogP contribution is 2.15. The van der Waals surface area contributed by atoms with Gasteiger partial charge in [-0.3, -0.25) is 0 Å². The molecule has 0 radical (unpaired) electrons. The lowest BCUT2D eigenvalue weighted by atomic mass is 10.3. The van der Waals surface area contributed by atoms with Crippen LogP contribution in [0, 0.1) is 0 Å². The van der Waals surface area contributed by atoms with Crippen molar-refractivity contribution in [2.45, 2.75) is 0 Å². The Bertz CT molecular complexity index is 289. The van der Waals surface area contributed by atoms with Crippen LogP contribution in [0.25, 0.3) is 0 Å². The van der Waals surface area contributed by atoms with Crippen LogP contribution in [-0.4, -0.2) is 59.8 Å². The Morgan fingerprint density at radius 1 is 0.765 bits per heavy atom. The SMILES string of the molecule is OCCN(CCO)N(CCO)c1ccccc1. The van der Waals surface area contributed by atoms with E-state index in [2.05, 4.69) is 0 Å². The number of hydrogen-bond donors (Lipinski definition) is 3. The van der Waals surface area contributed by atoms with Gasteiger partial charge in [-0.25, -0.2) is 5.01 Å². The Hall–Kier alpha value is -1.14. The molecule has 0 aromatic heterocycles. The number of hydrazine groups is 1. The minimum atomic E-state index is 0.00869. The Labute approximate surface area is 101 Å². The van der Waals surface area contributed by atoms with Gasteiger partial charge >= 0.3 is 0 Å². The molecule has 5 nitrogen and oxygen atoms in total. The van der Waals surface area contributed by atoms with Crippen LogP contribution >= 0.6 is 0 Å². The molecule has 3 N–H and O–H groups in total. The fraction of sp³-hybridized carbons (Fsp3) is 0.500. The van der Waals surface area contributed by atoms with Gasteiger partial charge in [0.15, 0.2) is 0 Å². The molecule has 0 aliphatic heterocycles. The molecule has 0 atom stereocenters. The van der Waals surface area contributed by atoms with E-state index in [-0.39, 0.29) is 19.8 Å². The van der Waals surface area contributed by atoms with Gasteiger partial charge in [0.1, 0.15) is 0 Å². The van der Waals surface area contributed by atoms with Crippen LogP contribution in [0.3, 0.4) is 0 Å². The minimum absolute atomic E-state index is 0.00869. The fourth-order valence-corrected chi connectivity index (χ4v) is 1.71. The zero-order valence-corrected chi connectivity index (χ0v) is 9.87. The van der Waals surface area contributed by atoms with Crippen molar-refractivity contribution in [2.75, 3.05) is 44.5 Å². The Morgan fingerprint density at radius 3 is 1.76 bits per heavy atom. The molecule has 0 saturated carbocycles. The lowest BCUT2D eigenvalue weighted by Crippen LogP contribution is -2.47. The van der Waals surface area contributed by atoms with Crippen LogP contribution in [0.2, 0.25) is 0 Å². The summed E-state index contributed by atoms with van der Waals surface area (Å²) in [6.07, 6.45) is 0. The first-order chi connectivity index (χ1) is 8.33. The normalized spacial score (nSPS) is 10.8. The summed E-state index contributed by atoms with van der Waals surface area (Å²) in [4.78, 5) is 0. The Kier molecular flexibility index (Phi) is 6.57. The highest BCUT2D eigenvalue weighted by atomic mass is 16.3. The van der Waals surface area contributed by atoms with Crippen molar-refractivity contribution in [1.29, 1.82) is 0 Å². The van der Waals surface area contributed by atoms with Crippen LogP contribution in [0.15, 0.2) is 30.3 Å². The Balaban J connectivity index is 2.81. The zero-order chi connectivity index (χ0) is 12.5. The molecule has 5 heteroatoms. The van der Waals surface area contributed by atoms with Crippen molar-refractivity contribution in [2.24, 2.45) is 0 Å². The molecule has 1 aromatic rings. The number of para-hydroxylation sites is 1. The van der Waals surface area contributed by atoms with Gasteiger partial charge in [0.05, 0.1) is 32.1 Å². The van der Waals surface area contributed by atoms with E-state index in [0.29, 0.717) is 19.6 Å². The topological polar surface area (TPSA) is 67.2 Å². The van der Waals surface area contributed by atoms with Crippen LogP contribution in [-0.2, 0) is 0 Å². The van der Waals surface area contributed by atoms with Gasteiger partial charge in [-0.15, -0.1) is 0 Å². The van der Waals surface area contributed by atoms with E-state index in [0.717, 1.165) is 5.69 Å². The van der Waals surface area contributed by atoms with Crippen molar-refractivity contribution in [1.82, 2.24) is 5.01 Å². The summed E-state index contributed by atoms with van der Waals surface area (Å²) in [6.45, 7) is 1.32. The van der Waals surface area contributed by atoms with E-state index >= 15 is 0 Å². The molecule has 0 bridgehead atoms. The van der Waals surface area contributed by atoms with Gasteiger partial charge in [0.25, 0.3) is 0 Å². The number of aliphatic hydroxyl groups excluding tert-OH is 3. The average Bonchev–Trinajstić information content (AvgIpc) is 2.37. The van der Waals surface area contributed by atoms with E-state index in [1.54, 1.807) is 0 Å². The first kappa shape index (κ1) is 13.9. The molecule has 0 aliphatic rings. The summed E-state index contributed by atoms with van der Waals surface area (Å²) in [5.74, 6) is 0. The molecule has 1 rings (SSSR count). The number of aliphatic hydroxyl groups is 3. The molecule has 96 valence electrons. The molecule has 0 amide bonds. The standard InChI is InChI=1S/C12H20N2O3/c15-9-6-13(7-10-16)14(8-11-17)12-4-2-1-3-5-12/h1-5,15-17H,6-11H2. The van der Waals surface area contributed by atoms with Crippen LogP contribution in [0.5, 0.6) is 0 Å². The van der Waals surface area contributed by atoms with Crippen LogP contribution in [0.1, 0.15) is 0 Å². The van der Waals surface area contributed by atoms with Gasteiger partial charge in [-0.05, 0) is 12.1 Å². The molecule has 0 saturated heterocycles. The van der Waals surface area contributed by atoms with Gasteiger partial charge in [0.2, 0.25) is 0 Å². The van der Waals surface area contributed by atoms with E-state index in [4.69, 9.17) is 15.3 Å². The van der Waals surface area contributed by atoms with Gasteiger partial charge in [-0.1, -0.05) is 18.2 Å². The summed E-state index contributed by atoms with van der Waals surface area (Å²) < 4.78 is 0. The maximum absolute atomic E-state index is 9.09. The third kappa shape index (κ3) is 4.32. The molecule has 0 aliphatic carbocycles. The third-order valence-corrected chi connectivity index (χ3v) is 2.42. The largest absolute Gasteiger partial charge is 0.395 e. The van der Waals surface area contributed by atoms with Gasteiger partial charge in [0, 0.05) is 13.1 Å². The minimum Gasteiger partial charge on any atom is -0.395 e. The van der Waals surface area contributed by atoms with Crippen molar-refractivity contribution in [3.63, 3.8) is 0 Å². The monoisotopic (exact) mass is 240 g/mol. The smallest absolute Gasteiger partial charge is 0.0622 e. The lowest BCUT2D eigenvalue weighted by Gasteiger charge is -2.35. The summed E-state index contributed by atoms with van der Waals surface area (Å²) >= 11 is 0. The average molecular weight is 240 g/mol. The zero-order valence-electron chi connectivity index (χ0n) is 9.87. The van der Waals surface area contributed by atoms with Crippen LogP contribution in [0.4, 0.5) is 5.69 Å². The summed E-state index contributed by atoms with van der Waals surface area (Å²) in [7, 11) is 0. The molecule has 1 aromatic carbocycles. The molecule has 0 unspecified atom stereocenters. The maximum Gasteiger partial charge on any atom is 0.0622 e. The van der Waals surface area contributed by atoms with E-state index in [9.17, 15) is 0 Å². The predicted molar refractivity (Wildman–Crippen MR) is 66.6 cm³/mol. The quantitative estimate of drug-likeness (QED) is 0.544. The van der Waals surface area contributed by atoms with Crippen molar-refractivity contribution >= 4 is 5.69 Å². The number of hydrogen-bond acceptors (Lipinski definition) is 5. The van der Waals surface area contributed by atoms with Crippen molar-refractivity contribution < 1.29 is 15.3 Å². The molecular weight excluding hydrogens is 220 g/mol. The summed E-state index contributed by atoms with van der Waals surface area (Å²) in [5, 5.41) is 30.8. The highest BCUT2D eigenvalue weighted by molar-refractivity contribution is 5.44. The Morgan fingerprint density at radius 2 is 1.29 bits per heavy atom. The number of nitrogens with zero attached hydrogens (tertiary/aromatic N) is 2. The van der Waals surface area contributed by atoms with E-state index < -0.39 is 0 Å². The highest BCUT2D eigenvalue weighted by Gasteiger charge is 2.14. The predicted octanol–water partition coefficient (Wildman–Crippen LogP) is -0.313. The molecular formula is C12H20N2O3. The lowest BCUT2D eigenvalue weighted by molar-refractivity contribution is 0.141. The molecule has 0 fully saturated rings.